The second kappa shape index (κ2) is 8.03. The molecule has 3 aliphatic rings. The van der Waals surface area contributed by atoms with Crippen molar-refractivity contribution in [3.05, 3.63) is 30.1 Å². The number of ether oxygens (including phenoxy) is 2. The fraction of sp³-hybridized carbons (Fsp3) is 0.700. The normalized spacial score (nSPS) is 26.3. The van der Waals surface area contributed by atoms with E-state index in [-0.39, 0.29) is 11.5 Å². The Kier molecular flexibility index (Phi) is 5.52. The fourth-order valence-corrected chi connectivity index (χ4v) is 4.38. The molecule has 6 nitrogen and oxygen atoms in total. The zero-order valence-electron chi connectivity index (χ0n) is 15.4. The summed E-state index contributed by atoms with van der Waals surface area (Å²) >= 11 is 0. The molecule has 6 heteroatoms. The van der Waals surface area contributed by atoms with Gasteiger partial charge in [-0.15, -0.1) is 0 Å². The van der Waals surface area contributed by atoms with Gasteiger partial charge in [0.1, 0.15) is 0 Å². The SMILES string of the molecule is O=C(Cc1cccnc1)N1CCOC2(CCN(CC3CCOC3)CC2)C1. The van der Waals surface area contributed by atoms with Crippen molar-refractivity contribution in [2.24, 2.45) is 5.92 Å². The highest BCUT2D eigenvalue weighted by Gasteiger charge is 2.41. The van der Waals surface area contributed by atoms with Crippen molar-refractivity contribution in [1.82, 2.24) is 14.8 Å². The highest BCUT2D eigenvalue weighted by Crippen LogP contribution is 2.31. The molecule has 4 rings (SSSR count). The summed E-state index contributed by atoms with van der Waals surface area (Å²) in [6, 6.07) is 3.85. The predicted molar refractivity (Wildman–Crippen MR) is 97.8 cm³/mol. The molecule has 1 atom stereocenters. The van der Waals surface area contributed by atoms with Crippen LogP contribution in [0, 0.1) is 5.92 Å². The lowest BCUT2D eigenvalue weighted by Gasteiger charge is -2.47. The molecule has 1 aromatic heterocycles. The average Bonchev–Trinajstić information content (AvgIpc) is 3.18. The number of pyridine rings is 1. The van der Waals surface area contributed by atoms with Crippen LogP contribution in [0.3, 0.4) is 0 Å². The molecule has 1 aromatic rings. The molecule has 4 heterocycles. The first-order chi connectivity index (χ1) is 12.7. The predicted octanol–water partition coefficient (Wildman–Crippen LogP) is 1.35. The molecule has 0 radical (unpaired) electrons. The van der Waals surface area contributed by atoms with Gasteiger partial charge in [0.15, 0.2) is 0 Å². The Morgan fingerprint density at radius 3 is 2.88 bits per heavy atom. The van der Waals surface area contributed by atoms with E-state index in [1.54, 1.807) is 12.4 Å². The van der Waals surface area contributed by atoms with E-state index >= 15 is 0 Å². The van der Waals surface area contributed by atoms with Gasteiger partial charge in [-0.25, -0.2) is 0 Å². The van der Waals surface area contributed by atoms with Gasteiger partial charge in [0.05, 0.1) is 25.2 Å². The molecule has 1 spiro atoms. The lowest BCUT2D eigenvalue weighted by atomic mass is 9.88. The number of carbonyl (C=O) groups excluding carboxylic acids is 1. The summed E-state index contributed by atoms with van der Waals surface area (Å²) in [6.45, 7) is 7.15. The summed E-state index contributed by atoms with van der Waals surface area (Å²) in [6.07, 6.45) is 7.16. The second-order valence-corrected chi connectivity index (χ2v) is 7.92. The number of carbonyl (C=O) groups is 1. The third kappa shape index (κ3) is 4.24. The standard InChI is InChI=1S/C20H29N3O3/c24-19(12-17-2-1-6-21-13-17)23-9-11-26-20(16-23)4-7-22(8-5-20)14-18-3-10-25-15-18/h1-2,6,13,18H,3-5,7-12,14-16H2. The van der Waals surface area contributed by atoms with E-state index in [9.17, 15) is 4.79 Å². The number of likely N-dealkylation sites (tertiary alicyclic amines) is 1. The lowest BCUT2D eigenvalue weighted by molar-refractivity contribution is -0.159. The van der Waals surface area contributed by atoms with E-state index in [0.717, 1.165) is 57.8 Å². The number of hydrogen-bond donors (Lipinski definition) is 0. The van der Waals surface area contributed by atoms with Crippen LogP contribution in [0.15, 0.2) is 24.5 Å². The molecule has 0 aliphatic carbocycles. The molecule has 0 saturated carbocycles. The molecule has 0 N–H and O–H groups in total. The number of aromatic nitrogens is 1. The summed E-state index contributed by atoms with van der Waals surface area (Å²) in [5.74, 6) is 0.875. The van der Waals surface area contributed by atoms with Gasteiger partial charge in [0.25, 0.3) is 0 Å². The zero-order valence-corrected chi connectivity index (χ0v) is 15.4. The Hall–Kier alpha value is -1.50. The molecule has 26 heavy (non-hydrogen) atoms. The highest BCUT2D eigenvalue weighted by atomic mass is 16.5. The van der Waals surface area contributed by atoms with Crippen LogP contribution in [-0.2, 0) is 20.7 Å². The first-order valence-electron chi connectivity index (χ1n) is 9.83. The van der Waals surface area contributed by atoms with Crippen molar-refractivity contribution in [3.63, 3.8) is 0 Å². The molecule has 0 bridgehead atoms. The molecular formula is C20H29N3O3. The van der Waals surface area contributed by atoms with Crippen molar-refractivity contribution >= 4 is 5.91 Å². The van der Waals surface area contributed by atoms with Gasteiger partial charge >= 0.3 is 0 Å². The van der Waals surface area contributed by atoms with Crippen molar-refractivity contribution in [2.75, 3.05) is 52.5 Å². The van der Waals surface area contributed by atoms with Gasteiger partial charge in [-0.05, 0) is 36.8 Å². The van der Waals surface area contributed by atoms with Crippen molar-refractivity contribution in [1.29, 1.82) is 0 Å². The maximum atomic E-state index is 12.7. The second-order valence-electron chi connectivity index (χ2n) is 7.92. The maximum Gasteiger partial charge on any atom is 0.227 e. The van der Waals surface area contributed by atoms with Gasteiger partial charge in [0.2, 0.25) is 5.91 Å². The molecule has 3 aliphatic heterocycles. The minimum absolute atomic E-state index is 0.147. The lowest BCUT2D eigenvalue weighted by Crippen LogP contribution is -2.58. The zero-order chi connectivity index (χ0) is 17.8. The Balaban J connectivity index is 1.30. The van der Waals surface area contributed by atoms with Crippen LogP contribution in [0.1, 0.15) is 24.8 Å². The van der Waals surface area contributed by atoms with Crippen molar-refractivity contribution < 1.29 is 14.3 Å². The van der Waals surface area contributed by atoms with Crippen LogP contribution in [0.4, 0.5) is 0 Å². The number of morpholine rings is 1. The van der Waals surface area contributed by atoms with E-state index in [1.807, 2.05) is 17.0 Å². The minimum Gasteiger partial charge on any atom is -0.381 e. The third-order valence-corrected chi connectivity index (χ3v) is 5.99. The number of rotatable bonds is 4. The summed E-state index contributed by atoms with van der Waals surface area (Å²) < 4.78 is 11.7. The Bertz CT molecular complexity index is 596. The molecule has 142 valence electrons. The molecule has 1 unspecified atom stereocenters. The van der Waals surface area contributed by atoms with Crippen LogP contribution in [-0.4, -0.2) is 78.8 Å². The third-order valence-electron chi connectivity index (χ3n) is 5.99. The molecule has 3 saturated heterocycles. The van der Waals surface area contributed by atoms with E-state index in [2.05, 4.69) is 9.88 Å². The summed E-state index contributed by atoms with van der Waals surface area (Å²) in [5.41, 5.74) is 0.831. The van der Waals surface area contributed by atoms with Crippen LogP contribution < -0.4 is 0 Å². The van der Waals surface area contributed by atoms with Crippen LogP contribution >= 0.6 is 0 Å². The summed E-state index contributed by atoms with van der Waals surface area (Å²) in [5, 5.41) is 0. The van der Waals surface area contributed by atoms with Crippen molar-refractivity contribution in [3.8, 4) is 0 Å². The summed E-state index contributed by atoms with van der Waals surface area (Å²) in [4.78, 5) is 21.4. The molecule has 1 amide bonds. The van der Waals surface area contributed by atoms with Crippen LogP contribution in [0.25, 0.3) is 0 Å². The Morgan fingerprint density at radius 1 is 1.27 bits per heavy atom. The maximum absolute atomic E-state index is 12.7. The topological polar surface area (TPSA) is 54.9 Å². The number of amides is 1. The van der Waals surface area contributed by atoms with E-state index in [0.29, 0.717) is 25.5 Å². The number of hydrogen-bond acceptors (Lipinski definition) is 5. The molecule has 3 fully saturated rings. The average molecular weight is 359 g/mol. The monoisotopic (exact) mass is 359 g/mol. The number of piperidine rings is 1. The van der Waals surface area contributed by atoms with Crippen molar-refractivity contribution in [2.45, 2.75) is 31.3 Å². The first-order valence-corrected chi connectivity index (χ1v) is 9.83. The molecule has 0 aromatic carbocycles. The largest absolute Gasteiger partial charge is 0.381 e. The van der Waals surface area contributed by atoms with E-state index in [1.165, 1.54) is 6.42 Å². The van der Waals surface area contributed by atoms with Crippen LogP contribution in [0.5, 0.6) is 0 Å². The first kappa shape index (κ1) is 17.9. The smallest absolute Gasteiger partial charge is 0.227 e. The Morgan fingerprint density at radius 2 is 2.15 bits per heavy atom. The van der Waals surface area contributed by atoms with Gasteiger partial charge in [-0.2, -0.15) is 0 Å². The van der Waals surface area contributed by atoms with Gasteiger partial charge in [-0.3, -0.25) is 9.78 Å². The van der Waals surface area contributed by atoms with E-state index < -0.39 is 0 Å². The Labute approximate surface area is 155 Å². The van der Waals surface area contributed by atoms with Gasteiger partial charge < -0.3 is 19.3 Å². The quantitative estimate of drug-likeness (QED) is 0.812. The fourth-order valence-electron chi connectivity index (χ4n) is 4.38. The minimum atomic E-state index is -0.147. The molecular weight excluding hydrogens is 330 g/mol. The van der Waals surface area contributed by atoms with Gasteiger partial charge in [0, 0.05) is 51.7 Å². The summed E-state index contributed by atoms with van der Waals surface area (Å²) in [7, 11) is 0. The number of nitrogens with zero attached hydrogens (tertiary/aromatic N) is 3. The van der Waals surface area contributed by atoms with Crippen LogP contribution in [0.2, 0.25) is 0 Å². The van der Waals surface area contributed by atoms with E-state index in [4.69, 9.17) is 9.47 Å². The van der Waals surface area contributed by atoms with Gasteiger partial charge in [-0.1, -0.05) is 6.07 Å². The highest BCUT2D eigenvalue weighted by molar-refractivity contribution is 5.78.